The van der Waals surface area contributed by atoms with E-state index < -0.39 is 0 Å². The standard InChI is InChI=1S/C7H14N2O2S/c1-9(2)7(11)3-4-12-5-6(8)10/h3-5H2,1-2H3,(H2,8,10). The summed E-state index contributed by atoms with van der Waals surface area (Å²) in [6.45, 7) is 0. The average molecular weight is 190 g/mol. The third kappa shape index (κ3) is 6.03. The minimum absolute atomic E-state index is 0.0759. The van der Waals surface area contributed by atoms with E-state index in [1.54, 1.807) is 14.1 Å². The molecule has 0 heterocycles. The number of hydrogen-bond donors (Lipinski definition) is 1. The molecule has 0 spiro atoms. The maximum Gasteiger partial charge on any atom is 0.227 e. The zero-order chi connectivity index (χ0) is 9.56. The molecular formula is C7H14N2O2S. The SMILES string of the molecule is CN(C)C(=O)CCSCC(N)=O. The van der Waals surface area contributed by atoms with Crippen LogP contribution < -0.4 is 5.73 Å². The van der Waals surface area contributed by atoms with Crippen LogP contribution in [0.15, 0.2) is 0 Å². The molecule has 0 bridgehead atoms. The van der Waals surface area contributed by atoms with Gasteiger partial charge in [-0.25, -0.2) is 0 Å². The molecule has 0 saturated carbocycles. The minimum atomic E-state index is -0.336. The first-order valence-electron chi connectivity index (χ1n) is 3.60. The van der Waals surface area contributed by atoms with Crippen molar-refractivity contribution in [1.29, 1.82) is 0 Å². The van der Waals surface area contributed by atoms with Crippen molar-refractivity contribution in [1.82, 2.24) is 4.90 Å². The van der Waals surface area contributed by atoms with E-state index in [9.17, 15) is 9.59 Å². The zero-order valence-corrected chi connectivity index (χ0v) is 8.19. The summed E-state index contributed by atoms with van der Waals surface area (Å²) in [5, 5.41) is 0. The third-order valence-electron chi connectivity index (χ3n) is 1.20. The number of carbonyl (C=O) groups excluding carboxylic acids is 2. The lowest BCUT2D eigenvalue weighted by molar-refractivity contribution is -0.128. The fourth-order valence-electron chi connectivity index (χ4n) is 0.556. The second-order valence-corrected chi connectivity index (χ2v) is 3.66. The van der Waals surface area contributed by atoms with Crippen molar-refractivity contribution < 1.29 is 9.59 Å². The van der Waals surface area contributed by atoms with E-state index >= 15 is 0 Å². The Kier molecular flexibility index (Phi) is 5.53. The Labute approximate surface area is 76.5 Å². The second-order valence-electron chi connectivity index (χ2n) is 2.56. The summed E-state index contributed by atoms with van der Waals surface area (Å²) in [6, 6.07) is 0. The number of amides is 2. The number of nitrogens with two attached hydrogens (primary N) is 1. The number of hydrogen-bond acceptors (Lipinski definition) is 3. The number of primary amides is 1. The number of thioether (sulfide) groups is 1. The highest BCUT2D eigenvalue weighted by Gasteiger charge is 2.03. The number of carbonyl (C=O) groups is 2. The molecule has 0 saturated heterocycles. The van der Waals surface area contributed by atoms with E-state index in [1.165, 1.54) is 16.7 Å². The van der Waals surface area contributed by atoms with Crippen LogP contribution in [0.25, 0.3) is 0 Å². The van der Waals surface area contributed by atoms with Crippen molar-refractivity contribution in [2.75, 3.05) is 25.6 Å². The molecule has 12 heavy (non-hydrogen) atoms. The topological polar surface area (TPSA) is 63.4 Å². The van der Waals surface area contributed by atoms with Crippen molar-refractivity contribution in [3.63, 3.8) is 0 Å². The molecular weight excluding hydrogens is 176 g/mol. The van der Waals surface area contributed by atoms with E-state index in [0.29, 0.717) is 17.9 Å². The highest BCUT2D eigenvalue weighted by Crippen LogP contribution is 2.02. The zero-order valence-electron chi connectivity index (χ0n) is 7.37. The predicted octanol–water partition coefficient (Wildman–Crippen LogP) is -0.317. The molecule has 0 aliphatic carbocycles. The number of nitrogens with zero attached hydrogens (tertiary/aromatic N) is 1. The van der Waals surface area contributed by atoms with Gasteiger partial charge in [0.2, 0.25) is 11.8 Å². The summed E-state index contributed by atoms with van der Waals surface area (Å²) in [7, 11) is 3.42. The Morgan fingerprint density at radius 2 is 2.00 bits per heavy atom. The van der Waals surface area contributed by atoms with Crippen LogP contribution in [0.1, 0.15) is 6.42 Å². The molecule has 2 amide bonds. The molecule has 0 atom stereocenters. The van der Waals surface area contributed by atoms with Crippen LogP contribution in [0.2, 0.25) is 0 Å². The Hall–Kier alpha value is -0.710. The lowest BCUT2D eigenvalue weighted by atomic mass is 10.4. The molecule has 0 aromatic carbocycles. The maximum absolute atomic E-state index is 11.0. The fourth-order valence-corrected chi connectivity index (χ4v) is 1.22. The monoisotopic (exact) mass is 190 g/mol. The second kappa shape index (κ2) is 5.88. The molecule has 0 radical (unpaired) electrons. The van der Waals surface area contributed by atoms with Gasteiger partial charge in [0, 0.05) is 26.3 Å². The van der Waals surface area contributed by atoms with Gasteiger partial charge in [-0.15, -0.1) is 0 Å². The van der Waals surface area contributed by atoms with E-state index in [4.69, 9.17) is 5.73 Å². The van der Waals surface area contributed by atoms with Gasteiger partial charge in [-0.1, -0.05) is 0 Å². The third-order valence-corrected chi connectivity index (χ3v) is 2.18. The fraction of sp³-hybridized carbons (Fsp3) is 0.714. The van der Waals surface area contributed by atoms with E-state index in [-0.39, 0.29) is 11.8 Å². The van der Waals surface area contributed by atoms with Crippen LogP contribution in [0.4, 0.5) is 0 Å². The quantitative estimate of drug-likeness (QED) is 0.604. The normalized spacial score (nSPS) is 9.50. The van der Waals surface area contributed by atoms with Crippen molar-refractivity contribution >= 4 is 23.6 Å². The van der Waals surface area contributed by atoms with Gasteiger partial charge in [-0.05, 0) is 0 Å². The van der Waals surface area contributed by atoms with E-state index in [0.717, 1.165) is 0 Å². The van der Waals surface area contributed by atoms with Crippen LogP contribution in [0, 0.1) is 0 Å². The Morgan fingerprint density at radius 1 is 1.42 bits per heavy atom. The number of rotatable bonds is 5. The van der Waals surface area contributed by atoms with Crippen molar-refractivity contribution in [3.05, 3.63) is 0 Å². The summed E-state index contributed by atoms with van der Waals surface area (Å²) in [5.41, 5.74) is 4.91. The molecule has 0 fully saturated rings. The molecule has 0 aliphatic rings. The molecule has 5 heteroatoms. The summed E-state index contributed by atoms with van der Waals surface area (Å²) in [4.78, 5) is 22.8. The largest absolute Gasteiger partial charge is 0.369 e. The van der Waals surface area contributed by atoms with Gasteiger partial charge in [0.05, 0.1) is 5.75 Å². The van der Waals surface area contributed by atoms with Crippen LogP contribution in [-0.4, -0.2) is 42.3 Å². The van der Waals surface area contributed by atoms with Gasteiger partial charge in [0.1, 0.15) is 0 Å². The molecule has 0 rings (SSSR count). The molecule has 70 valence electrons. The first-order chi connectivity index (χ1) is 5.54. The summed E-state index contributed by atoms with van der Waals surface area (Å²) < 4.78 is 0. The van der Waals surface area contributed by atoms with Gasteiger partial charge in [0.25, 0.3) is 0 Å². The lowest BCUT2D eigenvalue weighted by Crippen LogP contribution is -2.22. The minimum Gasteiger partial charge on any atom is -0.369 e. The van der Waals surface area contributed by atoms with Crippen molar-refractivity contribution in [2.24, 2.45) is 5.73 Å². The first-order valence-corrected chi connectivity index (χ1v) is 4.75. The molecule has 2 N–H and O–H groups in total. The van der Waals surface area contributed by atoms with Gasteiger partial charge in [-0.3, -0.25) is 9.59 Å². The van der Waals surface area contributed by atoms with Gasteiger partial charge >= 0.3 is 0 Å². The smallest absolute Gasteiger partial charge is 0.227 e. The van der Waals surface area contributed by atoms with Crippen molar-refractivity contribution in [3.8, 4) is 0 Å². The maximum atomic E-state index is 11.0. The van der Waals surface area contributed by atoms with Crippen LogP contribution in [0.5, 0.6) is 0 Å². The molecule has 0 aromatic heterocycles. The summed E-state index contributed by atoms with van der Waals surface area (Å²) in [5.74, 6) is 0.685. The average Bonchev–Trinajstić information content (AvgIpc) is 1.97. The summed E-state index contributed by atoms with van der Waals surface area (Å²) >= 11 is 1.39. The summed E-state index contributed by atoms with van der Waals surface area (Å²) in [6.07, 6.45) is 0.463. The molecule has 0 aliphatic heterocycles. The van der Waals surface area contributed by atoms with Gasteiger partial charge in [0.15, 0.2) is 0 Å². The van der Waals surface area contributed by atoms with Crippen molar-refractivity contribution in [2.45, 2.75) is 6.42 Å². The Bertz CT molecular complexity index is 171. The molecule has 0 unspecified atom stereocenters. The Morgan fingerprint density at radius 3 is 2.42 bits per heavy atom. The van der Waals surface area contributed by atoms with E-state index in [1.807, 2.05) is 0 Å². The van der Waals surface area contributed by atoms with Gasteiger partial charge in [-0.2, -0.15) is 11.8 Å². The first kappa shape index (κ1) is 11.3. The molecule has 0 aromatic rings. The lowest BCUT2D eigenvalue weighted by Gasteiger charge is -2.08. The molecule has 4 nitrogen and oxygen atoms in total. The van der Waals surface area contributed by atoms with Crippen LogP contribution in [-0.2, 0) is 9.59 Å². The van der Waals surface area contributed by atoms with Gasteiger partial charge < -0.3 is 10.6 Å². The highest BCUT2D eigenvalue weighted by molar-refractivity contribution is 7.99. The van der Waals surface area contributed by atoms with E-state index in [2.05, 4.69) is 0 Å². The van der Waals surface area contributed by atoms with Crippen LogP contribution in [0.3, 0.4) is 0 Å². The predicted molar refractivity (Wildman–Crippen MR) is 49.8 cm³/mol. The highest BCUT2D eigenvalue weighted by atomic mass is 32.2. The van der Waals surface area contributed by atoms with Crippen LogP contribution >= 0.6 is 11.8 Å². The Balaban J connectivity index is 3.32.